The molecular formula is C20H17FN4O3S. The van der Waals surface area contributed by atoms with Gasteiger partial charge in [-0.05, 0) is 55.8 Å². The van der Waals surface area contributed by atoms with Gasteiger partial charge in [-0.1, -0.05) is 12.1 Å². The second-order valence-electron chi connectivity index (χ2n) is 6.20. The first-order valence-electron chi connectivity index (χ1n) is 8.51. The number of halogens is 1. The SMILES string of the molecule is Cc1nnc(Oc2ccc(N(C)S(=O)(=O)c3ccccc3F)cc2)c(C#N)c1C. The zero-order valence-electron chi connectivity index (χ0n) is 15.9. The van der Waals surface area contributed by atoms with Crippen LogP contribution >= 0.6 is 0 Å². The molecule has 7 nitrogen and oxygen atoms in total. The molecule has 29 heavy (non-hydrogen) atoms. The van der Waals surface area contributed by atoms with Crippen LogP contribution in [0, 0.1) is 31.0 Å². The largest absolute Gasteiger partial charge is 0.437 e. The van der Waals surface area contributed by atoms with Gasteiger partial charge in [-0.2, -0.15) is 10.4 Å². The van der Waals surface area contributed by atoms with E-state index in [4.69, 9.17) is 4.74 Å². The maximum absolute atomic E-state index is 13.9. The lowest BCUT2D eigenvalue weighted by atomic mass is 10.1. The first-order valence-corrected chi connectivity index (χ1v) is 9.95. The third-order valence-corrected chi connectivity index (χ3v) is 6.24. The summed E-state index contributed by atoms with van der Waals surface area (Å²) in [7, 11) is -2.73. The van der Waals surface area contributed by atoms with Gasteiger partial charge in [0.25, 0.3) is 15.9 Å². The van der Waals surface area contributed by atoms with Crippen molar-refractivity contribution in [2.45, 2.75) is 18.7 Å². The van der Waals surface area contributed by atoms with Crippen LogP contribution in [0.1, 0.15) is 16.8 Å². The van der Waals surface area contributed by atoms with Crippen molar-refractivity contribution in [1.82, 2.24) is 10.2 Å². The topological polar surface area (TPSA) is 96.2 Å². The minimum atomic E-state index is -4.06. The number of hydrogen-bond acceptors (Lipinski definition) is 6. The summed E-state index contributed by atoms with van der Waals surface area (Å²) in [6.45, 7) is 3.49. The second-order valence-corrected chi connectivity index (χ2v) is 8.14. The fraction of sp³-hybridized carbons (Fsp3) is 0.150. The molecule has 0 spiro atoms. The fourth-order valence-corrected chi connectivity index (χ4v) is 3.83. The number of sulfonamides is 1. The number of aromatic nitrogens is 2. The minimum absolute atomic E-state index is 0.0654. The molecule has 0 aliphatic rings. The summed E-state index contributed by atoms with van der Waals surface area (Å²) >= 11 is 0. The van der Waals surface area contributed by atoms with E-state index in [0.29, 0.717) is 22.7 Å². The van der Waals surface area contributed by atoms with Crippen molar-refractivity contribution in [3.63, 3.8) is 0 Å². The molecule has 0 atom stereocenters. The molecule has 0 N–H and O–H groups in total. The van der Waals surface area contributed by atoms with Gasteiger partial charge in [-0.3, -0.25) is 4.31 Å². The second kappa shape index (κ2) is 7.85. The van der Waals surface area contributed by atoms with Gasteiger partial charge in [0.15, 0.2) is 0 Å². The average Bonchev–Trinajstić information content (AvgIpc) is 2.71. The molecule has 0 saturated carbocycles. The molecule has 9 heteroatoms. The Labute approximate surface area is 168 Å². The summed E-state index contributed by atoms with van der Waals surface area (Å²) in [5, 5.41) is 17.2. The maximum atomic E-state index is 13.9. The molecule has 0 amide bonds. The Morgan fingerprint density at radius 1 is 1.07 bits per heavy atom. The van der Waals surface area contributed by atoms with Crippen LogP contribution in [-0.4, -0.2) is 25.7 Å². The Morgan fingerprint density at radius 2 is 1.72 bits per heavy atom. The smallest absolute Gasteiger partial charge is 0.266 e. The van der Waals surface area contributed by atoms with Crippen LogP contribution < -0.4 is 9.04 Å². The van der Waals surface area contributed by atoms with Crippen molar-refractivity contribution >= 4 is 15.7 Å². The van der Waals surface area contributed by atoms with E-state index in [1.54, 1.807) is 13.8 Å². The van der Waals surface area contributed by atoms with Gasteiger partial charge in [-0.15, -0.1) is 5.10 Å². The van der Waals surface area contributed by atoms with Crippen molar-refractivity contribution < 1.29 is 17.5 Å². The lowest BCUT2D eigenvalue weighted by Gasteiger charge is -2.20. The van der Waals surface area contributed by atoms with Crippen LogP contribution in [0.25, 0.3) is 0 Å². The lowest BCUT2D eigenvalue weighted by Crippen LogP contribution is -2.27. The van der Waals surface area contributed by atoms with Gasteiger partial charge in [-0.25, -0.2) is 12.8 Å². The molecule has 0 unspecified atom stereocenters. The van der Waals surface area contributed by atoms with E-state index < -0.39 is 20.7 Å². The molecule has 1 heterocycles. The monoisotopic (exact) mass is 412 g/mol. The Morgan fingerprint density at radius 3 is 2.34 bits per heavy atom. The van der Waals surface area contributed by atoms with E-state index in [2.05, 4.69) is 10.2 Å². The van der Waals surface area contributed by atoms with Crippen molar-refractivity contribution in [2.75, 3.05) is 11.4 Å². The molecule has 0 radical (unpaired) electrons. The van der Waals surface area contributed by atoms with E-state index >= 15 is 0 Å². The van der Waals surface area contributed by atoms with Crippen molar-refractivity contribution in [3.05, 3.63) is 71.2 Å². The van der Waals surface area contributed by atoms with Gasteiger partial charge in [0.2, 0.25) is 0 Å². The number of nitrogens with zero attached hydrogens (tertiary/aromatic N) is 4. The van der Waals surface area contributed by atoms with Crippen LogP contribution in [-0.2, 0) is 10.0 Å². The van der Waals surface area contributed by atoms with Gasteiger partial charge in [0.05, 0.1) is 11.4 Å². The van der Waals surface area contributed by atoms with Crippen molar-refractivity contribution in [3.8, 4) is 17.7 Å². The van der Waals surface area contributed by atoms with Gasteiger partial charge in [0, 0.05) is 7.05 Å². The number of aryl methyl sites for hydroxylation is 1. The Hall–Kier alpha value is -3.51. The molecule has 3 aromatic rings. The summed E-state index contributed by atoms with van der Waals surface area (Å²) in [5.41, 5.74) is 1.89. The zero-order valence-corrected chi connectivity index (χ0v) is 16.7. The van der Waals surface area contributed by atoms with E-state index in [1.165, 1.54) is 49.5 Å². The molecule has 148 valence electrons. The van der Waals surface area contributed by atoms with E-state index in [-0.39, 0.29) is 11.4 Å². The number of benzene rings is 2. The third-order valence-electron chi connectivity index (χ3n) is 4.42. The van der Waals surface area contributed by atoms with Gasteiger partial charge >= 0.3 is 0 Å². The minimum Gasteiger partial charge on any atom is -0.437 e. The van der Waals surface area contributed by atoms with Crippen LogP contribution in [0.4, 0.5) is 10.1 Å². The predicted octanol–water partition coefficient (Wildman–Crippen LogP) is 3.72. The van der Waals surface area contributed by atoms with Crippen LogP contribution in [0.15, 0.2) is 53.4 Å². The highest BCUT2D eigenvalue weighted by molar-refractivity contribution is 7.92. The van der Waals surface area contributed by atoms with Crippen LogP contribution in [0.2, 0.25) is 0 Å². The van der Waals surface area contributed by atoms with E-state index in [0.717, 1.165) is 10.4 Å². The summed E-state index contributed by atoms with van der Waals surface area (Å²) in [6, 6.07) is 13.3. The van der Waals surface area contributed by atoms with E-state index in [1.807, 2.05) is 6.07 Å². The molecule has 2 aromatic carbocycles. The Balaban J connectivity index is 1.87. The summed E-state index contributed by atoms with van der Waals surface area (Å²) in [6.07, 6.45) is 0. The number of nitriles is 1. The summed E-state index contributed by atoms with van der Waals surface area (Å²) < 4.78 is 45.9. The molecule has 3 rings (SSSR count). The number of hydrogen-bond donors (Lipinski definition) is 0. The maximum Gasteiger partial charge on any atom is 0.266 e. The molecular weight excluding hydrogens is 395 g/mol. The highest BCUT2D eigenvalue weighted by Gasteiger charge is 2.24. The third kappa shape index (κ3) is 3.88. The number of anilines is 1. The molecule has 0 saturated heterocycles. The molecule has 1 aromatic heterocycles. The highest BCUT2D eigenvalue weighted by Crippen LogP contribution is 2.29. The first-order chi connectivity index (χ1) is 13.8. The Kier molecular flexibility index (Phi) is 5.48. The zero-order chi connectivity index (χ0) is 21.2. The molecule has 0 fully saturated rings. The van der Waals surface area contributed by atoms with Crippen LogP contribution in [0.5, 0.6) is 11.6 Å². The summed E-state index contributed by atoms with van der Waals surface area (Å²) in [5.74, 6) is -0.410. The van der Waals surface area contributed by atoms with Crippen LogP contribution in [0.3, 0.4) is 0 Å². The molecule has 0 aliphatic carbocycles. The number of ether oxygens (including phenoxy) is 1. The predicted molar refractivity (Wildman–Crippen MR) is 105 cm³/mol. The van der Waals surface area contributed by atoms with Gasteiger partial charge < -0.3 is 4.74 Å². The Bertz CT molecular complexity index is 1210. The normalized spacial score (nSPS) is 11.0. The standard InChI is InChI=1S/C20H17FN4O3S/c1-13-14(2)23-24-20(17(13)12-22)28-16-10-8-15(9-11-16)25(3)29(26,27)19-7-5-4-6-18(19)21/h4-11H,1-3H3. The highest BCUT2D eigenvalue weighted by atomic mass is 32.2. The van der Waals surface area contributed by atoms with Crippen molar-refractivity contribution in [1.29, 1.82) is 5.26 Å². The van der Waals surface area contributed by atoms with Crippen molar-refractivity contribution in [2.24, 2.45) is 0 Å². The average molecular weight is 412 g/mol. The van der Waals surface area contributed by atoms with Gasteiger partial charge in [0.1, 0.15) is 28.1 Å². The quantitative estimate of drug-likeness (QED) is 0.634. The lowest BCUT2D eigenvalue weighted by molar-refractivity contribution is 0.452. The number of rotatable bonds is 5. The summed E-state index contributed by atoms with van der Waals surface area (Å²) in [4.78, 5) is -0.410. The molecule has 0 bridgehead atoms. The fourth-order valence-electron chi connectivity index (χ4n) is 2.57. The van der Waals surface area contributed by atoms with E-state index in [9.17, 15) is 18.1 Å². The first kappa shape index (κ1) is 20.2. The molecule has 0 aliphatic heterocycles.